The van der Waals surface area contributed by atoms with Gasteiger partial charge in [-0.15, -0.1) is 3.89 Å². The van der Waals surface area contributed by atoms with Crippen LogP contribution in [-0.2, 0) is 28.0 Å². The van der Waals surface area contributed by atoms with Gasteiger partial charge in [0.2, 0.25) is 0 Å². The standard InChI is InChI=1S/C25H31FN4O5S/c1-15-13-19-18(14-29(15)23(33)35-24(2,3)4)20(27-30(19)36-26)21(31)28(5)25(11-12-25)17-9-7-16(8-10-17)22(32)34-6/h7-10,15H,11-14H2,1-6H3. The molecule has 1 aliphatic heterocycles. The molecule has 1 aromatic heterocycles. The van der Waals surface area contributed by atoms with Crippen molar-refractivity contribution < 1.29 is 27.7 Å². The molecule has 0 bridgehead atoms. The molecule has 194 valence electrons. The molecule has 11 heteroatoms. The highest BCUT2D eigenvalue weighted by Crippen LogP contribution is 2.51. The lowest BCUT2D eigenvalue weighted by Crippen LogP contribution is -2.46. The molecule has 1 saturated carbocycles. The maximum absolute atomic E-state index is 13.8. The van der Waals surface area contributed by atoms with Crippen molar-refractivity contribution in [3.63, 3.8) is 0 Å². The second-order valence-electron chi connectivity index (χ2n) is 10.3. The normalized spacial score (nSPS) is 18.3. The minimum atomic E-state index is -0.670. The molecular formula is C25H31FN4O5S. The van der Waals surface area contributed by atoms with E-state index in [1.165, 1.54) is 7.11 Å². The second-order valence-corrected chi connectivity index (χ2v) is 10.8. The molecule has 2 heterocycles. The molecule has 9 nitrogen and oxygen atoms in total. The van der Waals surface area contributed by atoms with E-state index in [-0.39, 0.29) is 36.5 Å². The van der Waals surface area contributed by atoms with Crippen LogP contribution in [0.1, 0.15) is 78.2 Å². The molecule has 2 aromatic rings. The first kappa shape index (κ1) is 26.0. The van der Waals surface area contributed by atoms with Crippen molar-refractivity contribution in [3.8, 4) is 0 Å². The van der Waals surface area contributed by atoms with E-state index in [0.29, 0.717) is 23.2 Å². The Hall–Kier alpha value is -3.08. The van der Waals surface area contributed by atoms with Gasteiger partial charge in [-0.1, -0.05) is 12.1 Å². The number of benzene rings is 1. The molecule has 0 radical (unpaired) electrons. The van der Waals surface area contributed by atoms with Gasteiger partial charge >= 0.3 is 12.1 Å². The minimum Gasteiger partial charge on any atom is -0.465 e. The highest BCUT2D eigenvalue weighted by molar-refractivity contribution is 7.92. The zero-order chi connectivity index (χ0) is 26.4. The Morgan fingerprint density at radius 3 is 2.36 bits per heavy atom. The fourth-order valence-corrected chi connectivity index (χ4v) is 5.05. The molecule has 2 aliphatic rings. The SMILES string of the molecule is COC(=O)c1ccc(C2(N(C)C(=O)c3nn(SF)c4c3CN(C(=O)OC(C)(C)C)C(C)C4)CC2)cc1. The lowest BCUT2D eigenvalue weighted by atomic mass is 9.98. The summed E-state index contributed by atoms with van der Waals surface area (Å²) in [5.41, 5.74) is 1.33. The lowest BCUT2D eigenvalue weighted by molar-refractivity contribution is 0.0135. The summed E-state index contributed by atoms with van der Waals surface area (Å²) in [4.78, 5) is 41.5. The van der Waals surface area contributed by atoms with Crippen molar-refractivity contribution >= 4 is 30.3 Å². The van der Waals surface area contributed by atoms with Crippen LogP contribution in [0.2, 0.25) is 0 Å². The quantitative estimate of drug-likeness (QED) is 0.538. The number of esters is 1. The number of ether oxygens (including phenoxy) is 2. The first-order valence-electron chi connectivity index (χ1n) is 11.8. The minimum absolute atomic E-state index is 0.0627. The Balaban J connectivity index is 1.63. The van der Waals surface area contributed by atoms with Gasteiger partial charge in [-0.3, -0.25) is 4.79 Å². The Morgan fingerprint density at radius 2 is 1.83 bits per heavy atom. The van der Waals surface area contributed by atoms with Crippen LogP contribution < -0.4 is 0 Å². The summed E-state index contributed by atoms with van der Waals surface area (Å²) >= 11 is -0.0627. The Bertz CT molecular complexity index is 1190. The monoisotopic (exact) mass is 518 g/mol. The van der Waals surface area contributed by atoms with Gasteiger partial charge in [0.1, 0.15) is 5.60 Å². The highest BCUT2D eigenvalue weighted by atomic mass is 32.2. The van der Waals surface area contributed by atoms with Gasteiger partial charge in [-0.05, 0) is 58.2 Å². The fourth-order valence-electron chi connectivity index (χ4n) is 4.67. The van der Waals surface area contributed by atoms with Crippen molar-refractivity contribution in [2.45, 2.75) is 70.7 Å². The Labute approximate surface area is 214 Å². The molecule has 1 aliphatic carbocycles. The summed E-state index contributed by atoms with van der Waals surface area (Å²) in [5, 5.41) is 4.29. The first-order chi connectivity index (χ1) is 16.9. The first-order valence-corrected chi connectivity index (χ1v) is 12.5. The van der Waals surface area contributed by atoms with Crippen LogP contribution in [0.25, 0.3) is 0 Å². The number of halogens is 1. The van der Waals surface area contributed by atoms with E-state index in [1.807, 2.05) is 19.1 Å². The third-order valence-corrected chi connectivity index (χ3v) is 7.25. The highest BCUT2D eigenvalue weighted by Gasteiger charge is 2.51. The number of carbonyl (C=O) groups is 3. The van der Waals surface area contributed by atoms with Crippen molar-refractivity contribution in [1.82, 2.24) is 19.0 Å². The molecular weight excluding hydrogens is 487 g/mol. The van der Waals surface area contributed by atoms with Crippen LogP contribution in [0.3, 0.4) is 0 Å². The molecule has 0 N–H and O–H groups in total. The molecule has 4 rings (SSSR count). The molecule has 1 atom stereocenters. The summed E-state index contributed by atoms with van der Waals surface area (Å²) in [6, 6.07) is 6.74. The van der Waals surface area contributed by atoms with Crippen LogP contribution in [0.15, 0.2) is 24.3 Å². The van der Waals surface area contributed by atoms with E-state index in [2.05, 4.69) is 5.10 Å². The average molecular weight is 519 g/mol. The number of hydrogen-bond acceptors (Lipinski definition) is 7. The summed E-state index contributed by atoms with van der Waals surface area (Å²) in [5.74, 6) is -0.784. The fraction of sp³-hybridized carbons (Fsp3) is 0.520. The van der Waals surface area contributed by atoms with Crippen LogP contribution in [0.5, 0.6) is 0 Å². The van der Waals surface area contributed by atoms with E-state index in [1.54, 1.807) is 49.8 Å². The molecule has 1 unspecified atom stereocenters. The zero-order valence-electron chi connectivity index (χ0n) is 21.3. The van der Waals surface area contributed by atoms with E-state index >= 15 is 0 Å². The zero-order valence-corrected chi connectivity index (χ0v) is 22.1. The van der Waals surface area contributed by atoms with Crippen molar-refractivity contribution in [2.24, 2.45) is 0 Å². The number of nitrogens with zero attached hydrogens (tertiary/aromatic N) is 4. The molecule has 36 heavy (non-hydrogen) atoms. The number of methoxy groups -OCH3 is 1. The van der Waals surface area contributed by atoms with E-state index in [0.717, 1.165) is 22.5 Å². The van der Waals surface area contributed by atoms with Gasteiger partial charge in [0.15, 0.2) is 18.0 Å². The average Bonchev–Trinajstić information content (AvgIpc) is 3.57. The van der Waals surface area contributed by atoms with Crippen molar-refractivity contribution in [3.05, 3.63) is 52.3 Å². The van der Waals surface area contributed by atoms with Crippen LogP contribution >= 0.6 is 12.3 Å². The molecule has 1 fully saturated rings. The number of aromatic nitrogens is 2. The summed E-state index contributed by atoms with van der Waals surface area (Å²) in [6.45, 7) is 7.33. The number of amides is 2. The number of fused-ring (bicyclic) bond motifs is 1. The van der Waals surface area contributed by atoms with E-state index in [9.17, 15) is 18.3 Å². The van der Waals surface area contributed by atoms with Gasteiger partial charge < -0.3 is 19.3 Å². The van der Waals surface area contributed by atoms with Crippen LogP contribution in [0.4, 0.5) is 8.68 Å². The molecule has 2 amide bonds. The predicted molar refractivity (Wildman–Crippen MR) is 132 cm³/mol. The molecule has 0 saturated heterocycles. The van der Waals surface area contributed by atoms with Gasteiger partial charge in [0, 0.05) is 25.1 Å². The number of carbonyl (C=O) groups excluding carboxylic acids is 3. The smallest absolute Gasteiger partial charge is 0.410 e. The van der Waals surface area contributed by atoms with Crippen molar-refractivity contribution in [2.75, 3.05) is 14.2 Å². The van der Waals surface area contributed by atoms with E-state index in [4.69, 9.17) is 9.47 Å². The molecule has 1 aromatic carbocycles. The second kappa shape index (κ2) is 9.42. The number of rotatable bonds is 5. The van der Waals surface area contributed by atoms with Gasteiger partial charge in [-0.25, -0.2) is 9.59 Å². The maximum Gasteiger partial charge on any atom is 0.410 e. The van der Waals surface area contributed by atoms with Crippen LogP contribution in [0, 0.1) is 0 Å². The third kappa shape index (κ3) is 4.68. The maximum atomic E-state index is 13.8. The van der Waals surface area contributed by atoms with Gasteiger partial charge in [0.05, 0.1) is 30.5 Å². The predicted octanol–water partition coefficient (Wildman–Crippen LogP) is 4.49. The van der Waals surface area contributed by atoms with Crippen molar-refractivity contribution in [1.29, 1.82) is 0 Å². The Morgan fingerprint density at radius 1 is 1.19 bits per heavy atom. The lowest BCUT2D eigenvalue weighted by Gasteiger charge is -2.35. The summed E-state index contributed by atoms with van der Waals surface area (Å²) in [6.07, 6.45) is 1.34. The third-order valence-electron chi connectivity index (χ3n) is 6.81. The topological polar surface area (TPSA) is 94.0 Å². The largest absolute Gasteiger partial charge is 0.465 e. The Kier molecular flexibility index (Phi) is 6.80. The molecule has 0 spiro atoms. The van der Waals surface area contributed by atoms with Gasteiger partial charge in [0.25, 0.3) is 5.91 Å². The summed E-state index contributed by atoms with van der Waals surface area (Å²) in [7, 11) is 3.03. The van der Waals surface area contributed by atoms with Crippen LogP contribution in [-0.4, -0.2) is 62.8 Å². The van der Waals surface area contributed by atoms with E-state index < -0.39 is 23.2 Å². The summed E-state index contributed by atoms with van der Waals surface area (Å²) < 4.78 is 25.2. The number of hydrogen-bond donors (Lipinski definition) is 0. The van der Waals surface area contributed by atoms with Gasteiger partial charge in [-0.2, -0.15) is 9.19 Å².